The molecule has 1 aliphatic carbocycles. The summed E-state index contributed by atoms with van der Waals surface area (Å²) in [6.45, 7) is 6.22. The van der Waals surface area contributed by atoms with Gasteiger partial charge in [0, 0.05) is 44.5 Å². The molecule has 1 aliphatic heterocycles. The lowest BCUT2D eigenvalue weighted by Gasteiger charge is -2.37. The van der Waals surface area contributed by atoms with Gasteiger partial charge in [-0.3, -0.25) is 4.79 Å². The van der Waals surface area contributed by atoms with Crippen LogP contribution in [0.3, 0.4) is 0 Å². The van der Waals surface area contributed by atoms with Crippen LogP contribution >= 0.6 is 23.2 Å². The molecule has 0 spiro atoms. The smallest absolute Gasteiger partial charge is 0.242 e. The summed E-state index contributed by atoms with van der Waals surface area (Å²) in [5.41, 5.74) is 3.16. The highest BCUT2D eigenvalue weighted by molar-refractivity contribution is 6.32. The van der Waals surface area contributed by atoms with Gasteiger partial charge >= 0.3 is 0 Å². The maximum Gasteiger partial charge on any atom is 0.242 e. The van der Waals surface area contributed by atoms with Gasteiger partial charge in [0.2, 0.25) is 5.91 Å². The molecule has 2 aliphatic rings. The van der Waals surface area contributed by atoms with Crippen LogP contribution in [-0.4, -0.2) is 98.7 Å². The topological polar surface area (TPSA) is 70.2 Å². The number of ether oxygens (including phenoxy) is 2. The van der Waals surface area contributed by atoms with Crippen LogP contribution < -0.4 is 14.8 Å². The number of pyridine rings is 1. The Bertz CT molecular complexity index is 1060. The van der Waals surface area contributed by atoms with E-state index in [1.165, 1.54) is 11.1 Å². The van der Waals surface area contributed by atoms with E-state index in [0.717, 1.165) is 76.5 Å². The molecule has 0 bridgehead atoms. The molecule has 1 unspecified atom stereocenters. The lowest BCUT2D eigenvalue weighted by atomic mass is 9.86. The highest BCUT2D eigenvalue weighted by Crippen LogP contribution is 2.35. The minimum Gasteiger partial charge on any atom is -0.493 e. The number of aromatic nitrogens is 1. The SMILES string of the molecule is COc1cc2c(cc1OC)CC(N(CCCN1CCN(C)CC1)C(=O)CNc1cc(Cl)nc(Cl)c1)CC2. The molecule has 37 heavy (non-hydrogen) atoms. The first-order valence-electron chi connectivity index (χ1n) is 12.9. The molecule has 10 heteroatoms. The van der Waals surface area contributed by atoms with E-state index >= 15 is 0 Å². The molecule has 1 atom stereocenters. The van der Waals surface area contributed by atoms with Crippen molar-refractivity contribution in [3.8, 4) is 11.5 Å². The van der Waals surface area contributed by atoms with Crippen molar-refractivity contribution >= 4 is 34.8 Å². The monoisotopic (exact) mass is 549 g/mol. The van der Waals surface area contributed by atoms with E-state index in [-0.39, 0.29) is 18.5 Å². The molecular formula is C27H37Cl2N5O3. The molecule has 1 fully saturated rings. The fourth-order valence-electron chi connectivity index (χ4n) is 5.22. The molecule has 0 saturated carbocycles. The first-order chi connectivity index (χ1) is 17.9. The number of likely N-dealkylation sites (N-methyl/N-ethyl adjacent to an activating group) is 1. The first-order valence-corrected chi connectivity index (χ1v) is 13.6. The summed E-state index contributed by atoms with van der Waals surface area (Å²) in [5.74, 6) is 1.54. The zero-order chi connectivity index (χ0) is 26.4. The van der Waals surface area contributed by atoms with E-state index < -0.39 is 0 Å². The number of methoxy groups -OCH3 is 2. The minimum absolute atomic E-state index is 0.0661. The van der Waals surface area contributed by atoms with Gasteiger partial charge in [0.25, 0.3) is 0 Å². The molecule has 202 valence electrons. The second-order valence-corrected chi connectivity index (χ2v) is 10.6. The lowest BCUT2D eigenvalue weighted by Crippen LogP contribution is -2.48. The minimum atomic E-state index is 0.0661. The number of hydrogen-bond donors (Lipinski definition) is 1. The second-order valence-electron chi connectivity index (χ2n) is 9.81. The second kappa shape index (κ2) is 13.0. The quantitative estimate of drug-likeness (QED) is 0.451. The van der Waals surface area contributed by atoms with Gasteiger partial charge in [-0.2, -0.15) is 0 Å². The number of carbonyl (C=O) groups is 1. The Morgan fingerprint density at radius 1 is 1.05 bits per heavy atom. The van der Waals surface area contributed by atoms with E-state index in [0.29, 0.717) is 16.0 Å². The Hall–Kier alpha value is -2.26. The van der Waals surface area contributed by atoms with Crippen LogP contribution in [0, 0.1) is 0 Å². The Morgan fingerprint density at radius 3 is 2.35 bits per heavy atom. The van der Waals surface area contributed by atoms with Crippen LogP contribution in [0.25, 0.3) is 0 Å². The van der Waals surface area contributed by atoms with E-state index in [2.05, 4.69) is 44.2 Å². The van der Waals surface area contributed by atoms with Gasteiger partial charge in [-0.1, -0.05) is 23.2 Å². The van der Waals surface area contributed by atoms with Crippen molar-refractivity contribution < 1.29 is 14.3 Å². The number of piperazine rings is 1. The molecular weight excluding hydrogens is 513 g/mol. The number of carbonyl (C=O) groups excluding carboxylic acids is 1. The number of aryl methyl sites for hydroxylation is 1. The third-order valence-corrected chi connectivity index (χ3v) is 7.73. The average molecular weight is 551 g/mol. The largest absolute Gasteiger partial charge is 0.493 e. The number of halogens is 2. The molecule has 4 rings (SSSR count). The summed E-state index contributed by atoms with van der Waals surface area (Å²) in [5, 5.41) is 3.77. The third kappa shape index (κ3) is 7.41. The van der Waals surface area contributed by atoms with Crippen molar-refractivity contribution in [2.45, 2.75) is 31.7 Å². The fraction of sp³-hybridized carbons (Fsp3) is 0.556. The highest BCUT2D eigenvalue weighted by atomic mass is 35.5. The van der Waals surface area contributed by atoms with Crippen LogP contribution in [0.15, 0.2) is 24.3 Å². The number of rotatable bonds is 10. The number of hydrogen-bond acceptors (Lipinski definition) is 7. The lowest BCUT2D eigenvalue weighted by molar-refractivity contribution is -0.132. The molecule has 1 N–H and O–H groups in total. The summed E-state index contributed by atoms with van der Waals surface area (Å²) in [4.78, 5) is 24.5. The van der Waals surface area contributed by atoms with Crippen LogP contribution in [0.1, 0.15) is 24.0 Å². The van der Waals surface area contributed by atoms with Crippen molar-refractivity contribution in [2.24, 2.45) is 0 Å². The first kappa shape index (κ1) is 27.8. The van der Waals surface area contributed by atoms with Gasteiger partial charge in [-0.25, -0.2) is 4.98 Å². The molecule has 8 nitrogen and oxygen atoms in total. The zero-order valence-electron chi connectivity index (χ0n) is 21.9. The summed E-state index contributed by atoms with van der Waals surface area (Å²) < 4.78 is 11.0. The van der Waals surface area contributed by atoms with Gasteiger partial charge in [0.1, 0.15) is 10.3 Å². The predicted octanol–water partition coefficient (Wildman–Crippen LogP) is 3.84. The van der Waals surface area contributed by atoms with Crippen LogP contribution in [-0.2, 0) is 17.6 Å². The summed E-state index contributed by atoms with van der Waals surface area (Å²) in [6.07, 6.45) is 3.54. The summed E-state index contributed by atoms with van der Waals surface area (Å²) in [6, 6.07) is 7.61. The van der Waals surface area contributed by atoms with Crippen LogP contribution in [0.4, 0.5) is 5.69 Å². The molecule has 1 saturated heterocycles. The van der Waals surface area contributed by atoms with E-state index in [9.17, 15) is 4.79 Å². The molecule has 1 amide bonds. The van der Waals surface area contributed by atoms with E-state index in [1.807, 2.05) is 0 Å². The number of nitrogens with zero attached hydrogens (tertiary/aromatic N) is 4. The normalized spacial score (nSPS) is 18.2. The van der Waals surface area contributed by atoms with Crippen molar-refractivity contribution in [3.05, 3.63) is 45.7 Å². The standard InChI is InChI=1S/C27H37Cl2N5O3/c1-32-9-11-33(12-10-32)7-4-8-34(27(35)18-30-21-16-25(28)31-26(29)17-21)22-6-5-19-14-23(36-2)24(37-3)15-20(19)13-22/h14-17,22H,4-13,18H2,1-3H3,(H,30,31). The van der Waals surface area contributed by atoms with Gasteiger partial charge in [-0.05, 0) is 74.7 Å². The summed E-state index contributed by atoms with van der Waals surface area (Å²) >= 11 is 12.1. The van der Waals surface area contributed by atoms with Crippen molar-refractivity contribution in [2.75, 3.05) is 72.4 Å². The van der Waals surface area contributed by atoms with Crippen molar-refractivity contribution in [3.63, 3.8) is 0 Å². The van der Waals surface area contributed by atoms with Gasteiger partial charge < -0.3 is 29.5 Å². The van der Waals surface area contributed by atoms with E-state index in [1.54, 1.807) is 26.4 Å². The molecule has 1 aromatic carbocycles. The molecule has 2 heterocycles. The Labute approximate surface area is 229 Å². The predicted molar refractivity (Wildman–Crippen MR) is 148 cm³/mol. The van der Waals surface area contributed by atoms with Gasteiger partial charge in [0.05, 0.1) is 20.8 Å². The van der Waals surface area contributed by atoms with Crippen molar-refractivity contribution in [1.29, 1.82) is 0 Å². The maximum absolute atomic E-state index is 13.6. The number of fused-ring (bicyclic) bond motifs is 1. The van der Waals surface area contributed by atoms with Crippen molar-refractivity contribution in [1.82, 2.24) is 19.7 Å². The summed E-state index contributed by atoms with van der Waals surface area (Å²) in [7, 11) is 5.48. The molecule has 0 radical (unpaired) electrons. The number of nitrogens with one attached hydrogen (secondary N) is 1. The Kier molecular flexibility index (Phi) is 9.76. The van der Waals surface area contributed by atoms with Crippen LogP contribution in [0.5, 0.6) is 11.5 Å². The van der Waals surface area contributed by atoms with Crippen LogP contribution in [0.2, 0.25) is 10.3 Å². The highest BCUT2D eigenvalue weighted by Gasteiger charge is 2.29. The fourth-order valence-corrected chi connectivity index (χ4v) is 5.68. The number of benzene rings is 1. The maximum atomic E-state index is 13.6. The molecule has 1 aromatic heterocycles. The number of anilines is 1. The molecule has 2 aromatic rings. The Morgan fingerprint density at radius 2 is 1.70 bits per heavy atom. The van der Waals surface area contributed by atoms with E-state index in [4.69, 9.17) is 32.7 Å². The number of amides is 1. The van der Waals surface area contributed by atoms with Gasteiger partial charge in [0.15, 0.2) is 11.5 Å². The van der Waals surface area contributed by atoms with Gasteiger partial charge in [-0.15, -0.1) is 0 Å². The Balaban J connectivity index is 1.45. The third-order valence-electron chi connectivity index (χ3n) is 7.35. The zero-order valence-corrected chi connectivity index (χ0v) is 23.4. The average Bonchev–Trinajstić information content (AvgIpc) is 2.89.